The molecule has 0 unspecified atom stereocenters. The smallest absolute Gasteiger partial charge is 0.251 e. The molecule has 0 saturated heterocycles. The van der Waals surface area contributed by atoms with Crippen LogP contribution in [0.2, 0.25) is 0 Å². The van der Waals surface area contributed by atoms with Gasteiger partial charge in [0.1, 0.15) is 0 Å². The van der Waals surface area contributed by atoms with Crippen molar-refractivity contribution < 1.29 is 13.2 Å². The number of carbonyl (C=O) groups is 1. The molecular formula is C15H20N4O3S. The summed E-state index contributed by atoms with van der Waals surface area (Å²) < 4.78 is 27.0. The molecule has 7 nitrogen and oxygen atoms in total. The molecule has 0 atom stereocenters. The van der Waals surface area contributed by atoms with Crippen molar-refractivity contribution in [2.75, 3.05) is 17.5 Å². The molecule has 1 aromatic carbocycles. The summed E-state index contributed by atoms with van der Waals surface area (Å²) in [5.41, 5.74) is 1.59. The Bertz CT molecular complexity index is 770. The van der Waals surface area contributed by atoms with E-state index < -0.39 is 10.0 Å². The van der Waals surface area contributed by atoms with Crippen LogP contribution in [-0.2, 0) is 16.6 Å². The number of anilines is 1. The van der Waals surface area contributed by atoms with E-state index in [2.05, 4.69) is 15.0 Å². The summed E-state index contributed by atoms with van der Waals surface area (Å²) in [5, 5.41) is 2.82. The van der Waals surface area contributed by atoms with Crippen LogP contribution >= 0.6 is 0 Å². The minimum Gasteiger partial charge on any atom is -0.352 e. The lowest BCUT2D eigenvalue weighted by atomic mass is 10.1. The van der Waals surface area contributed by atoms with Crippen molar-refractivity contribution in [1.82, 2.24) is 14.9 Å². The van der Waals surface area contributed by atoms with Gasteiger partial charge in [0.25, 0.3) is 5.91 Å². The van der Waals surface area contributed by atoms with Crippen LogP contribution in [0.1, 0.15) is 22.3 Å². The molecule has 1 aromatic heterocycles. The first-order chi connectivity index (χ1) is 10.8. The highest BCUT2D eigenvalue weighted by Crippen LogP contribution is 2.18. The van der Waals surface area contributed by atoms with E-state index in [1.54, 1.807) is 37.6 Å². The van der Waals surface area contributed by atoms with Gasteiger partial charge < -0.3 is 9.88 Å². The average molecular weight is 336 g/mol. The van der Waals surface area contributed by atoms with Gasteiger partial charge in [-0.3, -0.25) is 9.52 Å². The third kappa shape index (κ3) is 5.41. The van der Waals surface area contributed by atoms with E-state index in [4.69, 9.17) is 0 Å². The summed E-state index contributed by atoms with van der Waals surface area (Å²) in [4.78, 5) is 16.1. The largest absolute Gasteiger partial charge is 0.352 e. The second-order valence-corrected chi connectivity index (χ2v) is 7.06. The number of rotatable bonds is 7. The molecule has 23 heavy (non-hydrogen) atoms. The molecule has 0 aliphatic carbocycles. The third-order valence-corrected chi connectivity index (χ3v) is 3.82. The quantitative estimate of drug-likeness (QED) is 0.747. The fourth-order valence-electron chi connectivity index (χ4n) is 2.06. The van der Waals surface area contributed by atoms with Gasteiger partial charge >= 0.3 is 0 Å². The second kappa shape index (κ2) is 7.28. The predicted octanol–water partition coefficient (Wildman–Crippen LogP) is 1.38. The van der Waals surface area contributed by atoms with Crippen molar-refractivity contribution in [2.24, 2.45) is 0 Å². The topological polar surface area (TPSA) is 93.1 Å². The first-order valence-corrected chi connectivity index (χ1v) is 9.07. The van der Waals surface area contributed by atoms with Crippen LogP contribution in [0, 0.1) is 6.92 Å². The van der Waals surface area contributed by atoms with E-state index in [0.29, 0.717) is 17.8 Å². The van der Waals surface area contributed by atoms with Gasteiger partial charge in [-0.1, -0.05) is 6.07 Å². The Balaban J connectivity index is 1.92. The van der Waals surface area contributed by atoms with Crippen molar-refractivity contribution in [3.8, 4) is 0 Å². The van der Waals surface area contributed by atoms with Gasteiger partial charge in [0.2, 0.25) is 10.0 Å². The van der Waals surface area contributed by atoms with Crippen LogP contribution in [0.5, 0.6) is 0 Å². The lowest BCUT2D eigenvalue weighted by molar-refractivity contribution is 0.0952. The monoisotopic (exact) mass is 336 g/mol. The maximum Gasteiger partial charge on any atom is 0.251 e. The van der Waals surface area contributed by atoms with E-state index in [1.165, 1.54) is 0 Å². The molecule has 0 fully saturated rings. The Labute approximate surface area is 135 Å². The average Bonchev–Trinajstić information content (AvgIpc) is 2.97. The molecule has 2 aromatic rings. The summed E-state index contributed by atoms with van der Waals surface area (Å²) in [5.74, 6) is -0.229. The number of benzene rings is 1. The Kier molecular flexibility index (Phi) is 5.38. The van der Waals surface area contributed by atoms with Crippen molar-refractivity contribution in [3.05, 3.63) is 48.0 Å². The van der Waals surface area contributed by atoms with E-state index in [1.807, 2.05) is 10.8 Å². The minimum absolute atomic E-state index is 0.229. The number of hydrogen-bond donors (Lipinski definition) is 2. The zero-order valence-electron chi connectivity index (χ0n) is 13.1. The summed E-state index contributed by atoms with van der Waals surface area (Å²) in [7, 11) is -3.38. The Morgan fingerprint density at radius 1 is 1.35 bits per heavy atom. The number of aryl methyl sites for hydroxylation is 2. The highest BCUT2D eigenvalue weighted by Gasteiger charge is 2.10. The molecule has 2 rings (SSSR count). The predicted molar refractivity (Wildman–Crippen MR) is 88.8 cm³/mol. The second-order valence-electron chi connectivity index (χ2n) is 5.31. The standard InChI is InChI=1S/C15H20N4O3S/c1-12-4-5-13(10-14(12)18-23(2,21)22)15(20)17-6-3-8-19-9-7-16-11-19/h4-5,7,9-11,18H,3,6,8H2,1-2H3,(H,17,20). The van der Waals surface area contributed by atoms with Crippen LogP contribution in [0.4, 0.5) is 5.69 Å². The summed E-state index contributed by atoms with van der Waals surface area (Å²) in [6.07, 6.45) is 7.16. The Hall–Kier alpha value is -2.35. The number of hydrogen-bond acceptors (Lipinski definition) is 4. The van der Waals surface area contributed by atoms with Gasteiger partial charge in [-0.2, -0.15) is 0 Å². The van der Waals surface area contributed by atoms with Gasteiger partial charge in [0, 0.05) is 31.0 Å². The minimum atomic E-state index is -3.38. The Morgan fingerprint density at radius 2 is 2.13 bits per heavy atom. The molecule has 2 N–H and O–H groups in total. The maximum atomic E-state index is 12.1. The molecule has 0 aliphatic rings. The van der Waals surface area contributed by atoms with E-state index >= 15 is 0 Å². The number of imidazole rings is 1. The van der Waals surface area contributed by atoms with Gasteiger partial charge in [-0.05, 0) is 31.0 Å². The van der Waals surface area contributed by atoms with E-state index in [0.717, 1.165) is 24.8 Å². The molecule has 1 amide bonds. The molecule has 0 bridgehead atoms. The number of nitrogens with zero attached hydrogens (tertiary/aromatic N) is 2. The lowest BCUT2D eigenvalue weighted by Crippen LogP contribution is -2.25. The first-order valence-electron chi connectivity index (χ1n) is 7.17. The SMILES string of the molecule is Cc1ccc(C(=O)NCCCn2ccnc2)cc1NS(C)(=O)=O. The molecule has 0 spiro atoms. The van der Waals surface area contributed by atoms with Crippen molar-refractivity contribution in [3.63, 3.8) is 0 Å². The number of aromatic nitrogens is 2. The van der Waals surface area contributed by atoms with Crippen LogP contribution in [0.15, 0.2) is 36.9 Å². The summed E-state index contributed by atoms with van der Waals surface area (Å²) in [6, 6.07) is 4.93. The van der Waals surface area contributed by atoms with Crippen molar-refractivity contribution >= 4 is 21.6 Å². The molecule has 124 valence electrons. The summed E-state index contributed by atoms with van der Waals surface area (Å²) >= 11 is 0. The van der Waals surface area contributed by atoms with Crippen LogP contribution in [0.25, 0.3) is 0 Å². The van der Waals surface area contributed by atoms with E-state index in [9.17, 15) is 13.2 Å². The third-order valence-electron chi connectivity index (χ3n) is 3.23. The number of carbonyl (C=O) groups excluding carboxylic acids is 1. The van der Waals surface area contributed by atoms with Gasteiger partial charge in [-0.25, -0.2) is 13.4 Å². The highest BCUT2D eigenvalue weighted by atomic mass is 32.2. The Morgan fingerprint density at radius 3 is 2.78 bits per heavy atom. The maximum absolute atomic E-state index is 12.1. The molecular weight excluding hydrogens is 316 g/mol. The van der Waals surface area contributed by atoms with Gasteiger partial charge in [0.05, 0.1) is 18.3 Å². The molecule has 0 aliphatic heterocycles. The molecule has 0 saturated carbocycles. The highest BCUT2D eigenvalue weighted by molar-refractivity contribution is 7.92. The molecule has 8 heteroatoms. The fraction of sp³-hybridized carbons (Fsp3) is 0.333. The zero-order chi connectivity index (χ0) is 16.9. The number of nitrogens with one attached hydrogen (secondary N) is 2. The lowest BCUT2D eigenvalue weighted by Gasteiger charge is -2.10. The van der Waals surface area contributed by atoms with Crippen LogP contribution < -0.4 is 10.0 Å². The van der Waals surface area contributed by atoms with Crippen LogP contribution in [0.3, 0.4) is 0 Å². The zero-order valence-corrected chi connectivity index (χ0v) is 13.9. The van der Waals surface area contributed by atoms with E-state index in [-0.39, 0.29) is 5.91 Å². The first kappa shape index (κ1) is 17.0. The number of amides is 1. The van der Waals surface area contributed by atoms with Gasteiger partial charge in [0.15, 0.2) is 0 Å². The van der Waals surface area contributed by atoms with Crippen LogP contribution in [-0.4, -0.2) is 36.7 Å². The van der Waals surface area contributed by atoms with Gasteiger partial charge in [-0.15, -0.1) is 0 Å². The fourth-order valence-corrected chi connectivity index (χ4v) is 2.68. The normalized spacial score (nSPS) is 11.2. The summed E-state index contributed by atoms with van der Waals surface area (Å²) in [6.45, 7) is 3.08. The number of sulfonamides is 1. The van der Waals surface area contributed by atoms with Crippen molar-refractivity contribution in [2.45, 2.75) is 19.9 Å². The van der Waals surface area contributed by atoms with Crippen molar-refractivity contribution in [1.29, 1.82) is 0 Å². The molecule has 1 heterocycles. The molecule has 0 radical (unpaired) electrons.